The second-order valence-electron chi connectivity index (χ2n) is 5.49. The van der Waals surface area contributed by atoms with Gasteiger partial charge in [-0.1, -0.05) is 0 Å². The average Bonchev–Trinajstić information content (AvgIpc) is 2.72. The molecule has 0 aliphatic rings. The minimum absolute atomic E-state index is 0.0402. The average molecular weight is 382 g/mol. The predicted octanol–water partition coefficient (Wildman–Crippen LogP) is 2.45. The molecule has 0 atom stereocenters. The number of hydrogen-bond acceptors (Lipinski definition) is 10. The third kappa shape index (κ3) is 5.23. The highest BCUT2D eigenvalue weighted by atomic mass is 17.2. The van der Waals surface area contributed by atoms with Crippen molar-refractivity contribution in [3.63, 3.8) is 0 Å². The van der Waals surface area contributed by atoms with Gasteiger partial charge in [0, 0.05) is 18.8 Å². The lowest BCUT2D eigenvalue weighted by Gasteiger charge is -2.22. The van der Waals surface area contributed by atoms with Crippen molar-refractivity contribution in [2.75, 3.05) is 36.7 Å². The second kappa shape index (κ2) is 10.6. The SMILES string of the molecule is N#Cc1cc(NOO)cc(C#N)c1N=Nc1ccc(N(CCO)CCO)cc1. The van der Waals surface area contributed by atoms with Crippen LogP contribution < -0.4 is 10.4 Å². The summed E-state index contributed by atoms with van der Waals surface area (Å²) in [5.74, 6) is 0. The topological polar surface area (TPSA) is 157 Å². The zero-order chi connectivity index (χ0) is 20.4. The Hall–Kier alpha value is -3.54. The second-order valence-corrected chi connectivity index (χ2v) is 5.49. The summed E-state index contributed by atoms with van der Waals surface area (Å²) in [4.78, 5) is 5.62. The van der Waals surface area contributed by atoms with Crippen LogP contribution in [0.25, 0.3) is 0 Å². The van der Waals surface area contributed by atoms with E-state index in [0.29, 0.717) is 18.8 Å². The molecule has 0 saturated carbocycles. The fraction of sp³-hybridized carbons (Fsp3) is 0.222. The molecule has 0 saturated heterocycles. The monoisotopic (exact) mass is 382 g/mol. The van der Waals surface area contributed by atoms with Crippen molar-refractivity contribution in [1.29, 1.82) is 10.5 Å². The molecule has 0 spiro atoms. The third-order valence-electron chi connectivity index (χ3n) is 3.73. The van der Waals surface area contributed by atoms with Crippen molar-refractivity contribution in [2.45, 2.75) is 0 Å². The first-order valence-electron chi connectivity index (χ1n) is 8.20. The first-order valence-corrected chi connectivity index (χ1v) is 8.20. The van der Waals surface area contributed by atoms with Gasteiger partial charge in [0.25, 0.3) is 0 Å². The first-order chi connectivity index (χ1) is 13.7. The van der Waals surface area contributed by atoms with Crippen LogP contribution >= 0.6 is 0 Å². The molecule has 10 nitrogen and oxygen atoms in total. The number of nitrogens with one attached hydrogen (secondary N) is 1. The van der Waals surface area contributed by atoms with Crippen molar-refractivity contribution in [2.24, 2.45) is 10.2 Å². The number of rotatable bonds is 9. The van der Waals surface area contributed by atoms with E-state index in [1.807, 2.05) is 17.0 Å². The largest absolute Gasteiger partial charge is 0.395 e. The number of benzene rings is 2. The number of anilines is 2. The molecule has 0 aliphatic heterocycles. The zero-order valence-corrected chi connectivity index (χ0v) is 14.8. The minimum atomic E-state index is -0.0402. The zero-order valence-electron chi connectivity index (χ0n) is 14.8. The van der Waals surface area contributed by atoms with Gasteiger partial charge in [0.1, 0.15) is 17.8 Å². The maximum absolute atomic E-state index is 9.29. The Morgan fingerprint density at radius 3 is 2.00 bits per heavy atom. The van der Waals surface area contributed by atoms with Gasteiger partial charge >= 0.3 is 0 Å². The van der Waals surface area contributed by atoms with Gasteiger partial charge in [-0.05, 0) is 36.4 Å². The van der Waals surface area contributed by atoms with Gasteiger partial charge < -0.3 is 15.1 Å². The van der Waals surface area contributed by atoms with Crippen LogP contribution in [-0.4, -0.2) is 41.8 Å². The highest BCUT2D eigenvalue weighted by Gasteiger charge is 2.11. The van der Waals surface area contributed by atoms with Crippen molar-refractivity contribution in [1.82, 2.24) is 0 Å². The number of nitriles is 2. The maximum atomic E-state index is 9.29. The summed E-state index contributed by atoms with van der Waals surface area (Å²) in [5, 5.41) is 53.3. The molecular weight excluding hydrogens is 364 g/mol. The fourth-order valence-electron chi connectivity index (χ4n) is 2.47. The molecule has 0 aliphatic carbocycles. The van der Waals surface area contributed by atoms with Gasteiger partial charge in [0.05, 0.1) is 35.7 Å². The van der Waals surface area contributed by atoms with Crippen LogP contribution in [0, 0.1) is 22.7 Å². The molecule has 0 unspecified atom stereocenters. The van der Waals surface area contributed by atoms with Crippen LogP contribution in [0.5, 0.6) is 0 Å². The highest BCUT2D eigenvalue weighted by Crippen LogP contribution is 2.30. The van der Waals surface area contributed by atoms with Gasteiger partial charge in [-0.2, -0.15) is 15.6 Å². The standard InChI is InChI=1S/C18H18N6O4/c19-11-13-9-16(23-28-27)10-14(12-20)18(13)22-21-15-1-3-17(4-2-15)24(5-7-25)6-8-26/h1-4,9-10,23,25-27H,5-8H2. The third-order valence-corrected chi connectivity index (χ3v) is 3.73. The van der Waals surface area contributed by atoms with Gasteiger partial charge in [0.2, 0.25) is 0 Å². The molecule has 144 valence electrons. The Kier molecular flexibility index (Phi) is 7.84. The number of aliphatic hydroxyl groups excluding tert-OH is 2. The molecular formula is C18H18N6O4. The molecule has 2 aromatic carbocycles. The van der Waals surface area contributed by atoms with Crippen molar-refractivity contribution < 1.29 is 20.5 Å². The quantitative estimate of drug-likeness (QED) is 0.292. The van der Waals surface area contributed by atoms with E-state index in [4.69, 9.17) is 15.5 Å². The fourth-order valence-corrected chi connectivity index (χ4v) is 2.47. The lowest BCUT2D eigenvalue weighted by Crippen LogP contribution is -2.29. The summed E-state index contributed by atoms with van der Waals surface area (Å²) >= 11 is 0. The van der Waals surface area contributed by atoms with Crippen LogP contribution in [0.1, 0.15) is 11.1 Å². The molecule has 2 aromatic rings. The lowest BCUT2D eigenvalue weighted by atomic mass is 10.1. The molecule has 0 aromatic heterocycles. The van der Waals surface area contributed by atoms with Gasteiger partial charge in [-0.25, -0.2) is 10.7 Å². The predicted molar refractivity (Wildman–Crippen MR) is 100 cm³/mol. The van der Waals surface area contributed by atoms with Crippen LogP contribution in [0.15, 0.2) is 46.6 Å². The Balaban J connectivity index is 2.28. The number of nitrogens with zero attached hydrogens (tertiary/aromatic N) is 5. The molecule has 0 amide bonds. The first kappa shape index (κ1) is 20.8. The van der Waals surface area contributed by atoms with E-state index in [0.717, 1.165) is 5.69 Å². The van der Waals surface area contributed by atoms with Crippen molar-refractivity contribution in [3.05, 3.63) is 47.5 Å². The van der Waals surface area contributed by atoms with Crippen LogP contribution in [0.2, 0.25) is 0 Å². The van der Waals surface area contributed by atoms with Crippen LogP contribution in [0.4, 0.5) is 22.7 Å². The molecule has 0 bridgehead atoms. The van der Waals surface area contributed by atoms with Gasteiger partial charge in [0.15, 0.2) is 0 Å². The van der Waals surface area contributed by atoms with E-state index in [1.54, 1.807) is 24.3 Å². The molecule has 4 N–H and O–H groups in total. The summed E-state index contributed by atoms with van der Waals surface area (Å²) in [5.41, 5.74) is 3.90. The Bertz CT molecular complexity index is 861. The lowest BCUT2D eigenvalue weighted by molar-refractivity contribution is -0.215. The van der Waals surface area contributed by atoms with E-state index >= 15 is 0 Å². The van der Waals surface area contributed by atoms with E-state index in [-0.39, 0.29) is 35.7 Å². The molecule has 10 heteroatoms. The summed E-state index contributed by atoms with van der Waals surface area (Å²) in [6.45, 7) is 0.690. The maximum Gasteiger partial charge on any atom is 0.121 e. The van der Waals surface area contributed by atoms with E-state index < -0.39 is 0 Å². The molecule has 28 heavy (non-hydrogen) atoms. The molecule has 0 heterocycles. The number of hydrogen-bond donors (Lipinski definition) is 4. The van der Waals surface area contributed by atoms with Crippen molar-refractivity contribution >= 4 is 22.7 Å². The minimum Gasteiger partial charge on any atom is -0.395 e. The van der Waals surface area contributed by atoms with E-state index in [9.17, 15) is 10.5 Å². The van der Waals surface area contributed by atoms with E-state index in [2.05, 4.69) is 20.7 Å². The van der Waals surface area contributed by atoms with Gasteiger partial charge in [-0.3, -0.25) is 0 Å². The molecule has 0 fully saturated rings. The Morgan fingerprint density at radius 1 is 0.964 bits per heavy atom. The van der Waals surface area contributed by atoms with Crippen LogP contribution in [-0.2, 0) is 4.99 Å². The summed E-state index contributed by atoms with van der Waals surface area (Å²) in [6, 6.07) is 13.5. The summed E-state index contributed by atoms with van der Waals surface area (Å²) in [6.07, 6.45) is 0. The summed E-state index contributed by atoms with van der Waals surface area (Å²) in [7, 11) is 0. The highest BCUT2D eigenvalue weighted by molar-refractivity contribution is 5.69. The van der Waals surface area contributed by atoms with E-state index in [1.165, 1.54) is 12.1 Å². The van der Waals surface area contributed by atoms with Crippen molar-refractivity contribution in [3.8, 4) is 12.1 Å². The number of azo groups is 1. The Labute approximate surface area is 161 Å². The smallest absolute Gasteiger partial charge is 0.121 e. The summed E-state index contributed by atoms with van der Waals surface area (Å²) < 4.78 is 0. The molecule has 2 rings (SSSR count). The van der Waals surface area contributed by atoms with Crippen LogP contribution in [0.3, 0.4) is 0 Å². The normalized spacial score (nSPS) is 10.5. The van der Waals surface area contributed by atoms with Gasteiger partial charge in [-0.15, -0.1) is 10.1 Å². The number of aliphatic hydroxyl groups is 2. The molecule has 0 radical (unpaired) electrons. The Morgan fingerprint density at radius 2 is 1.54 bits per heavy atom.